The van der Waals surface area contributed by atoms with Crippen LogP contribution in [0.15, 0.2) is 47.4 Å². The summed E-state index contributed by atoms with van der Waals surface area (Å²) in [7, 11) is 0. The Balaban J connectivity index is 1.36. The first-order valence-electron chi connectivity index (χ1n) is 9.77. The summed E-state index contributed by atoms with van der Waals surface area (Å²) in [4.78, 5) is 27.7. The van der Waals surface area contributed by atoms with Crippen molar-refractivity contribution >= 4 is 46.8 Å². The van der Waals surface area contributed by atoms with E-state index in [9.17, 15) is 9.59 Å². The van der Waals surface area contributed by atoms with Gasteiger partial charge in [-0.3, -0.25) is 9.59 Å². The van der Waals surface area contributed by atoms with Crippen molar-refractivity contribution in [2.75, 3.05) is 5.75 Å². The lowest BCUT2D eigenvalue weighted by molar-refractivity contribution is -0.129. The molecule has 2 aromatic carbocycles. The van der Waals surface area contributed by atoms with Crippen LogP contribution < -0.4 is 5.32 Å². The molecule has 2 aromatic rings. The van der Waals surface area contributed by atoms with Crippen molar-refractivity contribution < 1.29 is 9.59 Å². The molecule has 2 aliphatic rings. The molecular formula is C22H22Cl2N2O2S. The fourth-order valence-corrected chi connectivity index (χ4v) is 4.45. The Hall–Kier alpha value is -1.69. The number of halogens is 2. The van der Waals surface area contributed by atoms with E-state index in [1.165, 1.54) is 11.8 Å². The lowest BCUT2D eigenvalue weighted by Gasteiger charge is -2.23. The van der Waals surface area contributed by atoms with Gasteiger partial charge in [0.25, 0.3) is 5.91 Å². The van der Waals surface area contributed by atoms with Crippen molar-refractivity contribution in [1.29, 1.82) is 0 Å². The first-order chi connectivity index (χ1) is 14.0. The Bertz CT molecular complexity index is 912. The summed E-state index contributed by atoms with van der Waals surface area (Å²) in [5.74, 6) is 0.381. The summed E-state index contributed by atoms with van der Waals surface area (Å²) in [6.07, 6.45) is 4.22. The summed E-state index contributed by atoms with van der Waals surface area (Å²) < 4.78 is 0. The van der Waals surface area contributed by atoms with Crippen LogP contribution >= 0.6 is 35.0 Å². The highest BCUT2D eigenvalue weighted by molar-refractivity contribution is 8.00. The molecule has 2 amide bonds. The summed E-state index contributed by atoms with van der Waals surface area (Å²) in [5, 5.41) is 4.20. The number of nitrogens with one attached hydrogen (secondary N) is 1. The molecule has 4 rings (SSSR count). The standard InChI is InChI=1S/C22H22Cl2N2O2S/c23-16-5-10-19(24)20(11-16)29-13-21(27)26(18-8-9-18)12-14-1-3-15(4-2-14)22(28)25-17-6-7-17/h1-5,10-11,17-18H,6-9,12-13H2,(H,25,28). The Kier molecular flexibility index (Phi) is 6.38. The Morgan fingerprint density at radius 2 is 1.76 bits per heavy atom. The van der Waals surface area contributed by atoms with Crippen LogP contribution in [-0.2, 0) is 11.3 Å². The van der Waals surface area contributed by atoms with E-state index in [2.05, 4.69) is 5.32 Å². The highest BCUT2D eigenvalue weighted by Gasteiger charge is 2.32. The molecule has 0 bridgehead atoms. The van der Waals surface area contributed by atoms with Gasteiger partial charge in [-0.15, -0.1) is 11.8 Å². The van der Waals surface area contributed by atoms with Crippen molar-refractivity contribution in [3.05, 3.63) is 63.6 Å². The maximum atomic E-state index is 12.9. The Morgan fingerprint density at radius 3 is 2.41 bits per heavy atom. The number of hydrogen-bond donors (Lipinski definition) is 1. The third-order valence-electron chi connectivity index (χ3n) is 5.03. The number of benzene rings is 2. The van der Waals surface area contributed by atoms with Gasteiger partial charge >= 0.3 is 0 Å². The highest BCUT2D eigenvalue weighted by Crippen LogP contribution is 2.33. The van der Waals surface area contributed by atoms with Crippen LogP contribution in [0.5, 0.6) is 0 Å². The number of rotatable bonds is 8. The van der Waals surface area contributed by atoms with E-state index in [0.29, 0.717) is 40.0 Å². The summed E-state index contributed by atoms with van der Waals surface area (Å²) >= 11 is 13.6. The second kappa shape index (κ2) is 8.99. The second-order valence-electron chi connectivity index (χ2n) is 7.56. The van der Waals surface area contributed by atoms with Gasteiger partial charge in [0.15, 0.2) is 0 Å². The summed E-state index contributed by atoms with van der Waals surface area (Å²) in [5.41, 5.74) is 1.69. The van der Waals surface area contributed by atoms with Crippen molar-refractivity contribution in [2.45, 2.75) is 49.2 Å². The van der Waals surface area contributed by atoms with Crippen LogP contribution in [0, 0.1) is 0 Å². The number of carbonyl (C=O) groups is 2. The average molecular weight is 449 g/mol. The van der Waals surface area contributed by atoms with E-state index in [-0.39, 0.29) is 11.8 Å². The topological polar surface area (TPSA) is 49.4 Å². The molecule has 0 unspecified atom stereocenters. The predicted molar refractivity (Wildman–Crippen MR) is 118 cm³/mol. The lowest BCUT2D eigenvalue weighted by Crippen LogP contribution is -2.34. The zero-order valence-corrected chi connectivity index (χ0v) is 18.2. The zero-order chi connectivity index (χ0) is 20.4. The fourth-order valence-electron chi connectivity index (χ4n) is 3.07. The highest BCUT2D eigenvalue weighted by atomic mass is 35.5. The molecule has 0 atom stereocenters. The van der Waals surface area contributed by atoms with Crippen molar-refractivity contribution in [3.63, 3.8) is 0 Å². The minimum atomic E-state index is -0.0241. The molecule has 2 aliphatic carbocycles. The normalized spacial score (nSPS) is 15.8. The molecule has 0 radical (unpaired) electrons. The molecular weight excluding hydrogens is 427 g/mol. The fraction of sp³-hybridized carbons (Fsp3) is 0.364. The van der Waals surface area contributed by atoms with Crippen molar-refractivity contribution in [3.8, 4) is 0 Å². The molecule has 29 heavy (non-hydrogen) atoms. The van der Waals surface area contributed by atoms with Crippen LogP contribution in [-0.4, -0.2) is 34.6 Å². The van der Waals surface area contributed by atoms with Crippen molar-refractivity contribution in [1.82, 2.24) is 10.2 Å². The van der Waals surface area contributed by atoms with Gasteiger partial charge < -0.3 is 10.2 Å². The SMILES string of the molecule is O=C(NC1CC1)c1ccc(CN(C(=O)CSc2cc(Cl)ccc2Cl)C2CC2)cc1. The predicted octanol–water partition coefficient (Wildman–Crippen LogP) is 5.17. The zero-order valence-electron chi connectivity index (χ0n) is 15.9. The number of hydrogen-bond acceptors (Lipinski definition) is 3. The van der Waals surface area contributed by atoms with Crippen LogP contribution in [0.1, 0.15) is 41.6 Å². The molecule has 152 valence electrons. The van der Waals surface area contributed by atoms with Gasteiger partial charge in [-0.05, 0) is 61.6 Å². The first kappa shape index (κ1) is 20.6. The van der Waals surface area contributed by atoms with E-state index in [4.69, 9.17) is 23.2 Å². The van der Waals surface area contributed by atoms with Gasteiger partial charge in [-0.2, -0.15) is 0 Å². The minimum Gasteiger partial charge on any atom is -0.349 e. The number of amides is 2. The lowest BCUT2D eigenvalue weighted by atomic mass is 10.1. The molecule has 0 heterocycles. The Labute approximate surface area is 184 Å². The molecule has 0 saturated heterocycles. The van der Waals surface area contributed by atoms with Gasteiger partial charge in [-0.1, -0.05) is 35.3 Å². The van der Waals surface area contributed by atoms with Crippen LogP contribution in [0.2, 0.25) is 10.0 Å². The van der Waals surface area contributed by atoms with E-state index < -0.39 is 0 Å². The molecule has 4 nitrogen and oxygen atoms in total. The molecule has 0 spiro atoms. The van der Waals surface area contributed by atoms with Crippen molar-refractivity contribution in [2.24, 2.45) is 0 Å². The van der Waals surface area contributed by atoms with Crippen LogP contribution in [0.25, 0.3) is 0 Å². The quantitative estimate of drug-likeness (QED) is 0.566. The maximum absolute atomic E-state index is 12.9. The molecule has 1 N–H and O–H groups in total. The average Bonchev–Trinajstić information content (AvgIpc) is 3.62. The third-order valence-corrected chi connectivity index (χ3v) is 6.75. The van der Waals surface area contributed by atoms with Gasteiger partial charge in [0.05, 0.1) is 10.8 Å². The van der Waals surface area contributed by atoms with Gasteiger partial charge in [-0.25, -0.2) is 0 Å². The summed E-state index contributed by atoms with van der Waals surface area (Å²) in [6.45, 7) is 0.553. The maximum Gasteiger partial charge on any atom is 0.251 e. The largest absolute Gasteiger partial charge is 0.349 e. The molecule has 0 aromatic heterocycles. The monoisotopic (exact) mass is 448 g/mol. The van der Waals surface area contributed by atoms with Crippen LogP contribution in [0.3, 0.4) is 0 Å². The molecule has 0 aliphatic heterocycles. The van der Waals surface area contributed by atoms with Crippen LogP contribution in [0.4, 0.5) is 0 Å². The van der Waals surface area contributed by atoms with E-state index >= 15 is 0 Å². The number of nitrogens with zero attached hydrogens (tertiary/aromatic N) is 1. The smallest absolute Gasteiger partial charge is 0.251 e. The van der Waals surface area contributed by atoms with E-state index in [0.717, 1.165) is 36.1 Å². The number of thioether (sulfide) groups is 1. The van der Waals surface area contributed by atoms with Gasteiger partial charge in [0.2, 0.25) is 5.91 Å². The number of carbonyl (C=O) groups excluding carboxylic acids is 2. The van der Waals surface area contributed by atoms with Gasteiger partial charge in [0, 0.05) is 34.1 Å². The van der Waals surface area contributed by atoms with E-state index in [1.54, 1.807) is 18.2 Å². The third kappa shape index (κ3) is 5.68. The first-order valence-corrected chi connectivity index (χ1v) is 11.5. The summed E-state index contributed by atoms with van der Waals surface area (Å²) in [6, 6.07) is 13.5. The minimum absolute atomic E-state index is 0.0241. The van der Waals surface area contributed by atoms with E-state index in [1.807, 2.05) is 29.2 Å². The second-order valence-corrected chi connectivity index (χ2v) is 9.42. The Morgan fingerprint density at radius 1 is 1.03 bits per heavy atom. The van der Waals surface area contributed by atoms with Gasteiger partial charge in [0.1, 0.15) is 0 Å². The molecule has 7 heteroatoms. The molecule has 2 fully saturated rings. The molecule has 2 saturated carbocycles.